The number of rotatable bonds is 7. The number of nitrogens with two attached hydrogens (primary N) is 1. The molecule has 2 heteroatoms. The van der Waals surface area contributed by atoms with E-state index in [1.165, 1.54) is 30.4 Å². The first-order chi connectivity index (χ1) is 9.11. The highest BCUT2D eigenvalue weighted by Gasteiger charge is 2.24. The van der Waals surface area contributed by atoms with E-state index in [2.05, 4.69) is 50.1 Å². The molecular formula is C17H28N2. The quantitative estimate of drug-likeness (QED) is 0.812. The van der Waals surface area contributed by atoms with Gasteiger partial charge in [-0.25, -0.2) is 0 Å². The van der Waals surface area contributed by atoms with E-state index >= 15 is 0 Å². The molecule has 0 amide bonds. The number of hydrogen-bond donors (Lipinski definition) is 1. The van der Waals surface area contributed by atoms with Crippen molar-refractivity contribution < 1.29 is 0 Å². The van der Waals surface area contributed by atoms with Crippen molar-refractivity contribution in [3.63, 3.8) is 0 Å². The van der Waals surface area contributed by atoms with Crippen LogP contribution in [-0.2, 0) is 0 Å². The second kappa shape index (κ2) is 6.53. The van der Waals surface area contributed by atoms with Gasteiger partial charge in [-0.15, -0.1) is 0 Å². The first-order valence-electron chi connectivity index (χ1n) is 7.62. The summed E-state index contributed by atoms with van der Waals surface area (Å²) < 4.78 is 0. The molecule has 1 aliphatic carbocycles. The van der Waals surface area contributed by atoms with Gasteiger partial charge in [0, 0.05) is 12.6 Å². The first-order valence-corrected chi connectivity index (χ1v) is 7.62. The fourth-order valence-corrected chi connectivity index (χ4v) is 2.63. The number of nitrogens with zero attached hydrogens (tertiary/aromatic N) is 1. The highest BCUT2D eigenvalue weighted by atomic mass is 15.1. The van der Waals surface area contributed by atoms with E-state index in [1.807, 2.05) is 0 Å². The summed E-state index contributed by atoms with van der Waals surface area (Å²) in [6.45, 7) is 6.37. The molecule has 1 aliphatic rings. The maximum Gasteiger partial charge on any atom is 0.0467 e. The Morgan fingerprint density at radius 3 is 2.63 bits per heavy atom. The van der Waals surface area contributed by atoms with Gasteiger partial charge in [0.15, 0.2) is 0 Å². The lowest BCUT2D eigenvalue weighted by molar-refractivity contribution is 0.236. The molecule has 1 aromatic carbocycles. The molecule has 0 aromatic heterocycles. The van der Waals surface area contributed by atoms with Crippen molar-refractivity contribution in [3.05, 3.63) is 35.4 Å². The maximum absolute atomic E-state index is 6.01. The zero-order valence-electron chi connectivity index (χ0n) is 12.6. The van der Waals surface area contributed by atoms with Crippen LogP contribution < -0.4 is 5.73 Å². The van der Waals surface area contributed by atoms with Crippen LogP contribution in [0.4, 0.5) is 0 Å². The SMILES string of the molecule is CC(C)CCN(C)C(CN)c1cccc(C2CC2)c1. The van der Waals surface area contributed by atoms with Crippen molar-refractivity contribution in [1.82, 2.24) is 4.90 Å². The fraction of sp³-hybridized carbons (Fsp3) is 0.647. The highest BCUT2D eigenvalue weighted by molar-refractivity contribution is 5.31. The van der Waals surface area contributed by atoms with Crippen LogP contribution in [0.3, 0.4) is 0 Å². The van der Waals surface area contributed by atoms with Crippen molar-refractivity contribution >= 4 is 0 Å². The predicted molar refractivity (Wildman–Crippen MR) is 82.3 cm³/mol. The van der Waals surface area contributed by atoms with Gasteiger partial charge in [-0.3, -0.25) is 4.90 Å². The lowest BCUT2D eigenvalue weighted by atomic mass is 10.00. The van der Waals surface area contributed by atoms with Crippen LogP contribution in [0.1, 0.15) is 56.2 Å². The van der Waals surface area contributed by atoms with Gasteiger partial charge in [-0.1, -0.05) is 38.1 Å². The summed E-state index contributed by atoms with van der Waals surface area (Å²) in [5, 5.41) is 0. The third kappa shape index (κ3) is 4.05. The molecule has 0 heterocycles. The molecule has 1 unspecified atom stereocenters. The van der Waals surface area contributed by atoms with E-state index in [4.69, 9.17) is 5.73 Å². The van der Waals surface area contributed by atoms with Crippen LogP contribution in [0.15, 0.2) is 24.3 Å². The topological polar surface area (TPSA) is 29.3 Å². The Labute approximate surface area is 118 Å². The van der Waals surface area contributed by atoms with Gasteiger partial charge in [0.05, 0.1) is 0 Å². The molecule has 0 aliphatic heterocycles. The minimum absolute atomic E-state index is 0.359. The minimum atomic E-state index is 0.359. The van der Waals surface area contributed by atoms with Gasteiger partial charge in [-0.05, 0) is 55.8 Å². The molecule has 2 nitrogen and oxygen atoms in total. The molecule has 1 saturated carbocycles. The van der Waals surface area contributed by atoms with Gasteiger partial charge in [0.2, 0.25) is 0 Å². The maximum atomic E-state index is 6.01. The van der Waals surface area contributed by atoms with Crippen LogP contribution in [0.2, 0.25) is 0 Å². The standard InChI is InChI=1S/C17H28N2/c1-13(2)9-10-19(3)17(12-18)16-6-4-5-15(11-16)14-7-8-14/h4-6,11,13-14,17H,7-10,12,18H2,1-3H3. The van der Waals surface area contributed by atoms with Gasteiger partial charge >= 0.3 is 0 Å². The van der Waals surface area contributed by atoms with Gasteiger partial charge < -0.3 is 5.73 Å². The summed E-state index contributed by atoms with van der Waals surface area (Å²) in [6, 6.07) is 9.43. The Morgan fingerprint density at radius 2 is 2.05 bits per heavy atom. The van der Waals surface area contributed by atoms with Crippen molar-refractivity contribution in [2.75, 3.05) is 20.1 Å². The normalized spacial score (nSPS) is 17.2. The summed E-state index contributed by atoms with van der Waals surface area (Å²) in [5.41, 5.74) is 8.91. The smallest absolute Gasteiger partial charge is 0.0467 e. The molecule has 2 rings (SSSR count). The van der Waals surface area contributed by atoms with E-state index in [9.17, 15) is 0 Å². The summed E-state index contributed by atoms with van der Waals surface area (Å²) in [6.07, 6.45) is 3.95. The Hall–Kier alpha value is -0.860. The van der Waals surface area contributed by atoms with Crippen LogP contribution in [-0.4, -0.2) is 25.0 Å². The van der Waals surface area contributed by atoms with E-state index in [-0.39, 0.29) is 0 Å². The van der Waals surface area contributed by atoms with E-state index in [1.54, 1.807) is 0 Å². The molecule has 1 fully saturated rings. The van der Waals surface area contributed by atoms with E-state index in [0.29, 0.717) is 12.6 Å². The third-order valence-electron chi connectivity index (χ3n) is 4.16. The Morgan fingerprint density at radius 1 is 1.32 bits per heavy atom. The van der Waals surface area contributed by atoms with Gasteiger partial charge in [0.25, 0.3) is 0 Å². The third-order valence-corrected chi connectivity index (χ3v) is 4.16. The molecular weight excluding hydrogens is 232 g/mol. The summed E-state index contributed by atoms with van der Waals surface area (Å²) >= 11 is 0. The van der Waals surface area contributed by atoms with E-state index in [0.717, 1.165) is 18.4 Å². The molecule has 1 atom stereocenters. The lowest BCUT2D eigenvalue weighted by Crippen LogP contribution is -2.31. The molecule has 106 valence electrons. The van der Waals surface area contributed by atoms with E-state index < -0.39 is 0 Å². The predicted octanol–water partition coefficient (Wildman–Crippen LogP) is 3.54. The largest absolute Gasteiger partial charge is 0.329 e. The summed E-state index contributed by atoms with van der Waals surface area (Å²) in [4.78, 5) is 2.41. The molecule has 19 heavy (non-hydrogen) atoms. The van der Waals surface area contributed by atoms with Crippen molar-refractivity contribution in [1.29, 1.82) is 0 Å². The highest BCUT2D eigenvalue weighted by Crippen LogP contribution is 2.40. The first kappa shape index (κ1) is 14.5. The average molecular weight is 260 g/mol. The Kier molecular flexibility index (Phi) is 5.00. The number of benzene rings is 1. The van der Waals surface area contributed by atoms with Crippen molar-refractivity contribution in [2.45, 2.75) is 45.1 Å². The zero-order chi connectivity index (χ0) is 13.8. The zero-order valence-corrected chi connectivity index (χ0v) is 12.6. The number of hydrogen-bond acceptors (Lipinski definition) is 2. The lowest BCUT2D eigenvalue weighted by Gasteiger charge is -2.28. The molecule has 0 spiro atoms. The minimum Gasteiger partial charge on any atom is -0.329 e. The Balaban J connectivity index is 2.05. The van der Waals surface area contributed by atoms with Crippen molar-refractivity contribution in [2.24, 2.45) is 11.7 Å². The second-order valence-corrected chi connectivity index (χ2v) is 6.36. The Bertz CT molecular complexity index is 396. The molecule has 0 saturated heterocycles. The summed E-state index contributed by atoms with van der Waals surface area (Å²) in [7, 11) is 2.20. The van der Waals surface area contributed by atoms with Gasteiger partial charge in [-0.2, -0.15) is 0 Å². The molecule has 1 aromatic rings. The van der Waals surface area contributed by atoms with Crippen LogP contribution in [0, 0.1) is 5.92 Å². The summed E-state index contributed by atoms with van der Waals surface area (Å²) in [5.74, 6) is 1.57. The van der Waals surface area contributed by atoms with Crippen LogP contribution >= 0.6 is 0 Å². The molecule has 0 bridgehead atoms. The average Bonchev–Trinajstić information content (AvgIpc) is 3.22. The van der Waals surface area contributed by atoms with Crippen molar-refractivity contribution in [3.8, 4) is 0 Å². The van der Waals surface area contributed by atoms with Gasteiger partial charge in [0.1, 0.15) is 0 Å². The van der Waals surface area contributed by atoms with Crippen LogP contribution in [0.5, 0.6) is 0 Å². The number of likely N-dealkylation sites (N-methyl/N-ethyl adjacent to an activating group) is 1. The molecule has 0 radical (unpaired) electrons. The molecule has 2 N–H and O–H groups in total. The second-order valence-electron chi connectivity index (χ2n) is 6.36. The monoisotopic (exact) mass is 260 g/mol. The van der Waals surface area contributed by atoms with Crippen LogP contribution in [0.25, 0.3) is 0 Å². The fourth-order valence-electron chi connectivity index (χ4n) is 2.63.